The second-order valence-corrected chi connectivity index (χ2v) is 6.90. The Kier molecular flexibility index (Phi) is 4.95. The van der Waals surface area contributed by atoms with E-state index in [9.17, 15) is 9.90 Å². The minimum Gasteiger partial charge on any atom is -0.387 e. The summed E-state index contributed by atoms with van der Waals surface area (Å²) in [4.78, 5) is 17.6. The molecule has 0 unspecified atom stereocenters. The normalized spacial score (nSPS) is 12.3. The van der Waals surface area contributed by atoms with Crippen molar-refractivity contribution in [1.82, 2.24) is 10.3 Å². The van der Waals surface area contributed by atoms with E-state index in [-0.39, 0.29) is 12.5 Å². The fraction of sp³-hybridized carbons (Fsp3) is 0.176. The second-order valence-electron chi connectivity index (χ2n) is 4.99. The van der Waals surface area contributed by atoms with Crippen LogP contribution in [-0.4, -0.2) is 28.8 Å². The largest absolute Gasteiger partial charge is 0.387 e. The summed E-state index contributed by atoms with van der Waals surface area (Å²) < 4.78 is 0.978. The minimum absolute atomic E-state index is 0.160. The molecule has 1 amide bonds. The van der Waals surface area contributed by atoms with Gasteiger partial charge in [0.1, 0.15) is 0 Å². The third-order valence-electron chi connectivity index (χ3n) is 3.44. The van der Waals surface area contributed by atoms with Crippen molar-refractivity contribution in [3.63, 3.8) is 0 Å². The molecule has 1 atom stereocenters. The number of benzene rings is 2. The molecule has 118 valence electrons. The van der Waals surface area contributed by atoms with Crippen LogP contribution in [0, 0.1) is 0 Å². The Bertz CT molecular complexity index is 782. The lowest BCUT2D eigenvalue weighted by molar-refractivity contribution is 0.0916. The zero-order chi connectivity index (χ0) is 16.2. The van der Waals surface area contributed by atoms with Crippen LogP contribution < -0.4 is 5.32 Å². The van der Waals surface area contributed by atoms with Gasteiger partial charge in [0.25, 0.3) is 5.91 Å². The van der Waals surface area contributed by atoms with Gasteiger partial charge in [-0.25, -0.2) is 4.98 Å². The fourth-order valence-corrected chi connectivity index (χ4v) is 3.47. The average molecular weight is 344 g/mol. The SMILES string of the molecule is CSc1ccc([C@H](O)CNC(=O)c2nc3ccccc3s2)cc1. The summed E-state index contributed by atoms with van der Waals surface area (Å²) in [6.07, 6.45) is 1.27. The van der Waals surface area contributed by atoms with Gasteiger partial charge in [-0.1, -0.05) is 24.3 Å². The monoisotopic (exact) mass is 344 g/mol. The van der Waals surface area contributed by atoms with Crippen LogP contribution >= 0.6 is 23.1 Å². The van der Waals surface area contributed by atoms with Crippen molar-refractivity contribution in [3.8, 4) is 0 Å². The number of carbonyl (C=O) groups excluding carboxylic acids is 1. The Morgan fingerprint density at radius 2 is 2.00 bits per heavy atom. The van der Waals surface area contributed by atoms with Crippen LogP contribution in [0.4, 0.5) is 0 Å². The average Bonchev–Trinajstić information content (AvgIpc) is 3.03. The fourth-order valence-electron chi connectivity index (χ4n) is 2.18. The topological polar surface area (TPSA) is 62.2 Å². The van der Waals surface area contributed by atoms with E-state index >= 15 is 0 Å². The van der Waals surface area contributed by atoms with Crippen molar-refractivity contribution in [1.29, 1.82) is 0 Å². The van der Waals surface area contributed by atoms with E-state index in [1.54, 1.807) is 11.8 Å². The van der Waals surface area contributed by atoms with Crippen LogP contribution in [0.25, 0.3) is 10.2 Å². The Hall–Kier alpha value is -1.89. The van der Waals surface area contributed by atoms with Crippen molar-refractivity contribution in [2.75, 3.05) is 12.8 Å². The number of aromatic nitrogens is 1. The molecule has 0 spiro atoms. The van der Waals surface area contributed by atoms with Crippen molar-refractivity contribution in [2.45, 2.75) is 11.0 Å². The van der Waals surface area contributed by atoms with Crippen LogP contribution in [0.15, 0.2) is 53.4 Å². The van der Waals surface area contributed by atoms with E-state index in [1.165, 1.54) is 11.3 Å². The van der Waals surface area contributed by atoms with Gasteiger partial charge >= 0.3 is 0 Å². The third-order valence-corrected chi connectivity index (χ3v) is 5.22. The lowest BCUT2D eigenvalue weighted by Crippen LogP contribution is -2.28. The number of rotatable bonds is 5. The molecule has 1 heterocycles. The molecule has 0 saturated heterocycles. The molecule has 0 aliphatic heterocycles. The molecule has 0 aliphatic rings. The predicted molar refractivity (Wildman–Crippen MR) is 95.1 cm³/mol. The van der Waals surface area contributed by atoms with Gasteiger partial charge in [0, 0.05) is 11.4 Å². The van der Waals surface area contributed by atoms with E-state index in [0.29, 0.717) is 5.01 Å². The number of thiazole rings is 1. The summed E-state index contributed by atoms with van der Waals surface area (Å²) in [6, 6.07) is 15.3. The highest BCUT2D eigenvalue weighted by molar-refractivity contribution is 7.98. The predicted octanol–water partition coefficient (Wildman–Crippen LogP) is 3.48. The lowest BCUT2D eigenvalue weighted by atomic mass is 10.1. The molecule has 6 heteroatoms. The van der Waals surface area contributed by atoms with Crippen LogP contribution in [-0.2, 0) is 0 Å². The molecule has 1 aromatic heterocycles. The van der Waals surface area contributed by atoms with Gasteiger partial charge in [-0.15, -0.1) is 23.1 Å². The van der Waals surface area contributed by atoms with Gasteiger partial charge in [-0.3, -0.25) is 4.79 Å². The van der Waals surface area contributed by atoms with Crippen molar-refractivity contribution < 1.29 is 9.90 Å². The molecule has 3 aromatic rings. The van der Waals surface area contributed by atoms with E-state index in [2.05, 4.69) is 10.3 Å². The zero-order valence-electron chi connectivity index (χ0n) is 12.5. The molecular weight excluding hydrogens is 328 g/mol. The van der Waals surface area contributed by atoms with Gasteiger partial charge in [0.15, 0.2) is 5.01 Å². The number of nitrogens with zero attached hydrogens (tertiary/aromatic N) is 1. The first-order chi connectivity index (χ1) is 11.2. The first-order valence-electron chi connectivity index (χ1n) is 7.13. The Morgan fingerprint density at radius 1 is 1.26 bits per heavy atom. The van der Waals surface area contributed by atoms with Crippen LogP contribution in [0.5, 0.6) is 0 Å². The van der Waals surface area contributed by atoms with Crippen LogP contribution in [0.1, 0.15) is 21.5 Å². The minimum atomic E-state index is -0.732. The molecule has 0 radical (unpaired) electrons. The smallest absolute Gasteiger partial charge is 0.280 e. The Morgan fingerprint density at radius 3 is 2.70 bits per heavy atom. The van der Waals surface area contributed by atoms with Crippen LogP contribution in [0.2, 0.25) is 0 Å². The number of thioether (sulfide) groups is 1. The third kappa shape index (κ3) is 3.72. The number of carbonyl (C=O) groups is 1. The van der Waals surface area contributed by atoms with Gasteiger partial charge in [0.2, 0.25) is 0 Å². The first kappa shape index (κ1) is 16.0. The maximum Gasteiger partial charge on any atom is 0.280 e. The molecular formula is C17H16N2O2S2. The molecule has 0 fully saturated rings. The molecule has 2 N–H and O–H groups in total. The standard InChI is InChI=1S/C17H16N2O2S2/c1-22-12-8-6-11(7-9-12)14(20)10-18-16(21)17-19-13-4-2-3-5-15(13)23-17/h2-9,14,20H,10H2,1H3,(H,18,21)/t14-/m1/s1. The number of aliphatic hydroxyl groups is 1. The lowest BCUT2D eigenvalue weighted by Gasteiger charge is -2.12. The maximum atomic E-state index is 12.2. The zero-order valence-corrected chi connectivity index (χ0v) is 14.2. The number of nitrogens with one attached hydrogen (secondary N) is 1. The van der Waals surface area contributed by atoms with E-state index in [1.807, 2.05) is 54.8 Å². The van der Waals surface area contributed by atoms with Gasteiger partial charge in [-0.2, -0.15) is 0 Å². The quantitative estimate of drug-likeness (QED) is 0.696. The molecule has 2 aromatic carbocycles. The molecule has 23 heavy (non-hydrogen) atoms. The molecule has 0 bridgehead atoms. The van der Waals surface area contributed by atoms with Crippen molar-refractivity contribution >= 4 is 39.2 Å². The Balaban J connectivity index is 1.63. The number of amides is 1. The van der Waals surface area contributed by atoms with E-state index < -0.39 is 6.10 Å². The highest BCUT2D eigenvalue weighted by atomic mass is 32.2. The summed E-state index contributed by atoms with van der Waals surface area (Å²) in [7, 11) is 0. The van der Waals surface area contributed by atoms with Crippen molar-refractivity contribution in [3.05, 3.63) is 59.1 Å². The van der Waals surface area contributed by atoms with Gasteiger partial charge in [0.05, 0.1) is 16.3 Å². The molecule has 4 nitrogen and oxygen atoms in total. The highest BCUT2D eigenvalue weighted by Crippen LogP contribution is 2.22. The number of fused-ring (bicyclic) bond motifs is 1. The summed E-state index contributed by atoms with van der Waals surface area (Å²) in [5.41, 5.74) is 1.60. The number of aliphatic hydroxyl groups excluding tert-OH is 1. The summed E-state index contributed by atoms with van der Waals surface area (Å²) in [5.74, 6) is -0.258. The number of para-hydroxylation sites is 1. The van der Waals surface area contributed by atoms with Crippen LogP contribution in [0.3, 0.4) is 0 Å². The van der Waals surface area contributed by atoms with E-state index in [4.69, 9.17) is 0 Å². The summed E-state index contributed by atoms with van der Waals surface area (Å²) in [5, 5.41) is 13.3. The molecule has 0 aliphatic carbocycles. The van der Waals surface area contributed by atoms with Crippen molar-refractivity contribution in [2.24, 2.45) is 0 Å². The molecule has 3 rings (SSSR count). The summed E-state index contributed by atoms with van der Waals surface area (Å²) in [6.45, 7) is 0.160. The van der Waals surface area contributed by atoms with Gasteiger partial charge in [-0.05, 0) is 36.1 Å². The highest BCUT2D eigenvalue weighted by Gasteiger charge is 2.14. The molecule has 0 saturated carbocycles. The summed E-state index contributed by atoms with van der Waals surface area (Å²) >= 11 is 3.00. The second kappa shape index (κ2) is 7.12. The number of hydrogen-bond acceptors (Lipinski definition) is 5. The van der Waals surface area contributed by atoms with E-state index in [0.717, 1.165) is 20.7 Å². The first-order valence-corrected chi connectivity index (χ1v) is 9.17. The number of hydrogen-bond donors (Lipinski definition) is 2. The maximum absolute atomic E-state index is 12.2. The Labute approximate surface area is 142 Å². The van der Waals surface area contributed by atoms with Gasteiger partial charge < -0.3 is 10.4 Å².